The van der Waals surface area contributed by atoms with Crippen LogP contribution in [0.15, 0.2) is 28.7 Å². The molecule has 0 atom stereocenters. The van der Waals surface area contributed by atoms with E-state index in [1.165, 1.54) is 0 Å². The fourth-order valence-corrected chi connectivity index (χ4v) is 1.99. The van der Waals surface area contributed by atoms with E-state index >= 15 is 0 Å². The zero-order valence-electron chi connectivity index (χ0n) is 11.8. The predicted octanol–water partition coefficient (Wildman–Crippen LogP) is 2.86. The quantitative estimate of drug-likeness (QED) is 0.796. The van der Waals surface area contributed by atoms with Crippen LogP contribution in [0.5, 0.6) is 0 Å². The number of anilines is 1. The molecule has 108 valence electrons. The highest BCUT2D eigenvalue weighted by Crippen LogP contribution is 2.19. The van der Waals surface area contributed by atoms with Gasteiger partial charge in [0, 0.05) is 18.6 Å². The maximum absolute atomic E-state index is 6.14. The van der Waals surface area contributed by atoms with Crippen LogP contribution in [0.1, 0.15) is 24.8 Å². The summed E-state index contributed by atoms with van der Waals surface area (Å²) < 4.78 is 5.60. The van der Waals surface area contributed by atoms with Crippen LogP contribution in [-0.4, -0.2) is 23.8 Å². The Morgan fingerprint density at radius 2 is 2.10 bits per heavy atom. The van der Waals surface area contributed by atoms with Crippen molar-refractivity contribution in [2.75, 3.05) is 18.5 Å². The summed E-state index contributed by atoms with van der Waals surface area (Å²) in [4.78, 5) is 1.89. The summed E-state index contributed by atoms with van der Waals surface area (Å²) in [5.74, 6) is 0.597. The Kier molecular flexibility index (Phi) is 5.38. The van der Waals surface area contributed by atoms with Crippen molar-refractivity contribution < 1.29 is 4.42 Å². The van der Waals surface area contributed by atoms with Crippen LogP contribution in [0.25, 0.3) is 0 Å². The summed E-state index contributed by atoms with van der Waals surface area (Å²) >= 11 is 6.14. The first-order valence-electron chi connectivity index (χ1n) is 6.68. The topological polar surface area (TPSA) is 54.2 Å². The van der Waals surface area contributed by atoms with E-state index in [4.69, 9.17) is 16.0 Å². The van der Waals surface area contributed by atoms with E-state index in [9.17, 15) is 0 Å². The van der Waals surface area contributed by atoms with E-state index in [0.717, 1.165) is 23.6 Å². The van der Waals surface area contributed by atoms with Crippen molar-refractivity contribution in [3.8, 4) is 0 Å². The highest BCUT2D eigenvalue weighted by molar-refractivity contribution is 6.31. The number of aromatic nitrogens is 2. The standard InChI is InChI=1S/C14H19ClN4O/c1-3-8-16-9-13-17-18-14(20-13)19(2)10-11-6-4-5-7-12(11)15/h4-7,16H,3,8-10H2,1-2H3. The van der Waals surface area contributed by atoms with Gasteiger partial charge in [-0.2, -0.15) is 0 Å². The Labute approximate surface area is 123 Å². The molecule has 0 bridgehead atoms. The molecule has 2 rings (SSSR count). The molecule has 2 aromatic rings. The van der Waals surface area contributed by atoms with Crippen LogP contribution in [-0.2, 0) is 13.1 Å². The van der Waals surface area contributed by atoms with Gasteiger partial charge in [0.05, 0.1) is 6.54 Å². The number of benzene rings is 1. The average Bonchev–Trinajstić information content (AvgIpc) is 2.91. The lowest BCUT2D eigenvalue weighted by Crippen LogP contribution is -2.17. The number of hydrogen-bond donors (Lipinski definition) is 1. The molecule has 0 radical (unpaired) electrons. The molecule has 0 amide bonds. The van der Waals surface area contributed by atoms with Crippen LogP contribution in [0, 0.1) is 0 Å². The van der Waals surface area contributed by atoms with Gasteiger partial charge in [0.15, 0.2) is 0 Å². The molecule has 20 heavy (non-hydrogen) atoms. The Morgan fingerprint density at radius 1 is 1.30 bits per heavy atom. The first kappa shape index (κ1) is 14.8. The van der Waals surface area contributed by atoms with Crippen molar-refractivity contribution in [3.05, 3.63) is 40.7 Å². The Hall–Kier alpha value is -1.59. The van der Waals surface area contributed by atoms with Gasteiger partial charge in [-0.1, -0.05) is 41.8 Å². The van der Waals surface area contributed by atoms with E-state index < -0.39 is 0 Å². The predicted molar refractivity (Wildman–Crippen MR) is 79.9 cm³/mol. The van der Waals surface area contributed by atoms with Gasteiger partial charge in [-0.15, -0.1) is 5.10 Å². The van der Waals surface area contributed by atoms with Gasteiger partial charge < -0.3 is 14.6 Å². The maximum atomic E-state index is 6.14. The number of rotatable bonds is 7. The molecular weight excluding hydrogens is 276 g/mol. The molecule has 0 fully saturated rings. The van der Waals surface area contributed by atoms with Crippen molar-refractivity contribution in [3.63, 3.8) is 0 Å². The van der Waals surface area contributed by atoms with Gasteiger partial charge in [-0.3, -0.25) is 0 Å². The van der Waals surface area contributed by atoms with Crippen LogP contribution in [0.3, 0.4) is 0 Å². The van der Waals surface area contributed by atoms with Crippen molar-refractivity contribution in [2.45, 2.75) is 26.4 Å². The molecule has 0 aliphatic heterocycles. The van der Waals surface area contributed by atoms with Gasteiger partial charge in [-0.25, -0.2) is 0 Å². The second kappa shape index (κ2) is 7.26. The Morgan fingerprint density at radius 3 is 2.85 bits per heavy atom. The minimum absolute atomic E-state index is 0.498. The molecule has 1 aromatic heterocycles. The zero-order valence-corrected chi connectivity index (χ0v) is 12.5. The minimum Gasteiger partial charge on any atom is -0.407 e. The average molecular weight is 295 g/mol. The molecule has 0 unspecified atom stereocenters. The van der Waals surface area contributed by atoms with Crippen LogP contribution < -0.4 is 10.2 Å². The molecule has 0 saturated heterocycles. The fraction of sp³-hybridized carbons (Fsp3) is 0.429. The summed E-state index contributed by atoms with van der Waals surface area (Å²) in [5.41, 5.74) is 1.03. The van der Waals surface area contributed by atoms with Gasteiger partial charge in [0.1, 0.15) is 0 Å². The van der Waals surface area contributed by atoms with Crippen LogP contribution in [0.2, 0.25) is 5.02 Å². The number of nitrogens with zero attached hydrogens (tertiary/aromatic N) is 3. The Bertz CT molecular complexity index is 543. The van der Waals surface area contributed by atoms with Crippen molar-refractivity contribution >= 4 is 17.6 Å². The molecule has 5 nitrogen and oxygen atoms in total. The third-order valence-corrected chi connectivity index (χ3v) is 3.22. The van der Waals surface area contributed by atoms with Gasteiger partial charge >= 0.3 is 6.01 Å². The zero-order chi connectivity index (χ0) is 14.4. The molecule has 1 N–H and O–H groups in total. The van der Waals surface area contributed by atoms with Crippen molar-refractivity contribution in [1.29, 1.82) is 0 Å². The third kappa shape index (κ3) is 3.95. The van der Waals surface area contributed by atoms with Gasteiger partial charge in [-0.05, 0) is 24.6 Å². The smallest absolute Gasteiger partial charge is 0.318 e. The second-order valence-corrected chi connectivity index (χ2v) is 5.01. The van der Waals surface area contributed by atoms with Crippen molar-refractivity contribution in [2.24, 2.45) is 0 Å². The number of nitrogens with one attached hydrogen (secondary N) is 1. The largest absolute Gasteiger partial charge is 0.407 e. The minimum atomic E-state index is 0.498. The molecule has 0 saturated carbocycles. The van der Waals surface area contributed by atoms with Gasteiger partial charge in [0.25, 0.3) is 0 Å². The summed E-state index contributed by atoms with van der Waals surface area (Å²) in [6.07, 6.45) is 1.08. The van der Waals surface area contributed by atoms with Gasteiger partial charge in [0.2, 0.25) is 5.89 Å². The summed E-state index contributed by atoms with van der Waals surface area (Å²) in [7, 11) is 1.90. The molecule has 0 aliphatic rings. The summed E-state index contributed by atoms with van der Waals surface area (Å²) in [5, 5.41) is 12.0. The number of hydrogen-bond acceptors (Lipinski definition) is 5. The molecular formula is C14H19ClN4O. The lowest BCUT2D eigenvalue weighted by molar-refractivity contribution is 0.465. The molecule has 0 spiro atoms. The number of halogens is 1. The lowest BCUT2D eigenvalue weighted by Gasteiger charge is -2.14. The van der Waals surface area contributed by atoms with E-state index in [1.54, 1.807) is 0 Å². The second-order valence-electron chi connectivity index (χ2n) is 4.60. The van der Waals surface area contributed by atoms with E-state index in [2.05, 4.69) is 22.4 Å². The van der Waals surface area contributed by atoms with Crippen LogP contribution in [0.4, 0.5) is 6.01 Å². The molecule has 0 aliphatic carbocycles. The lowest BCUT2D eigenvalue weighted by atomic mass is 10.2. The summed E-state index contributed by atoms with van der Waals surface area (Å²) in [6, 6.07) is 8.23. The van der Waals surface area contributed by atoms with Crippen molar-refractivity contribution in [1.82, 2.24) is 15.5 Å². The molecule has 1 aromatic carbocycles. The van der Waals surface area contributed by atoms with Crippen LogP contribution >= 0.6 is 11.6 Å². The normalized spacial score (nSPS) is 10.8. The first-order chi connectivity index (χ1) is 9.70. The SMILES string of the molecule is CCCNCc1nnc(N(C)Cc2ccccc2Cl)o1. The molecule has 6 heteroatoms. The summed E-state index contributed by atoms with van der Waals surface area (Å²) in [6.45, 7) is 4.28. The highest BCUT2D eigenvalue weighted by Gasteiger charge is 2.12. The highest BCUT2D eigenvalue weighted by atomic mass is 35.5. The Balaban J connectivity index is 1.96. The maximum Gasteiger partial charge on any atom is 0.318 e. The fourth-order valence-electron chi connectivity index (χ4n) is 1.79. The first-order valence-corrected chi connectivity index (χ1v) is 7.06. The van der Waals surface area contributed by atoms with E-state index in [-0.39, 0.29) is 0 Å². The monoisotopic (exact) mass is 294 g/mol. The third-order valence-electron chi connectivity index (χ3n) is 2.85. The van der Waals surface area contributed by atoms with E-state index in [1.807, 2.05) is 36.2 Å². The van der Waals surface area contributed by atoms with E-state index in [0.29, 0.717) is 25.0 Å². The molecule has 1 heterocycles.